The van der Waals surface area contributed by atoms with E-state index >= 15 is 0 Å². The number of benzene rings is 2. The second-order valence-electron chi connectivity index (χ2n) is 7.14. The van der Waals surface area contributed by atoms with Crippen LogP contribution in [0.25, 0.3) is 11.3 Å². The van der Waals surface area contributed by atoms with Crippen LogP contribution >= 0.6 is 0 Å². The maximum atomic E-state index is 12.8. The number of hydrogen-bond donors (Lipinski definition) is 1. The van der Waals surface area contributed by atoms with Gasteiger partial charge in [-0.15, -0.1) is 0 Å². The second-order valence-corrected chi connectivity index (χ2v) is 7.14. The van der Waals surface area contributed by atoms with Crippen molar-refractivity contribution in [3.05, 3.63) is 60.3 Å². The Bertz CT molecular complexity index is 1030. The van der Waals surface area contributed by atoms with E-state index in [0.717, 1.165) is 24.2 Å². The third kappa shape index (κ3) is 3.40. The summed E-state index contributed by atoms with van der Waals surface area (Å²) in [5.74, 6) is 2.74. The molecule has 1 fully saturated rings. The summed E-state index contributed by atoms with van der Waals surface area (Å²) >= 11 is 0. The first-order valence-corrected chi connectivity index (χ1v) is 9.58. The lowest BCUT2D eigenvalue weighted by Gasteiger charge is -2.13. The van der Waals surface area contributed by atoms with Crippen molar-refractivity contribution in [2.45, 2.75) is 18.3 Å². The van der Waals surface area contributed by atoms with Gasteiger partial charge in [0.2, 0.25) is 12.7 Å². The van der Waals surface area contributed by atoms with Crippen LogP contribution in [0.1, 0.15) is 18.5 Å². The van der Waals surface area contributed by atoms with Crippen molar-refractivity contribution in [2.24, 2.45) is 0 Å². The van der Waals surface area contributed by atoms with Gasteiger partial charge in [0.25, 0.3) is 0 Å². The van der Waals surface area contributed by atoms with Crippen LogP contribution in [0, 0.1) is 0 Å². The molecule has 1 N–H and O–H groups in total. The minimum Gasteiger partial charge on any atom is -0.492 e. The van der Waals surface area contributed by atoms with Crippen molar-refractivity contribution >= 4 is 5.91 Å². The lowest BCUT2D eigenvalue weighted by Crippen LogP contribution is -2.37. The quantitative estimate of drug-likeness (QED) is 0.621. The smallest absolute Gasteiger partial charge is 0.232 e. The van der Waals surface area contributed by atoms with E-state index in [4.69, 9.17) is 18.7 Å². The SMILES string of the molecule is O=C(NCCOc1ccccc1)C1(c2cc(-c3ccc4c(c3)OCO4)on2)CC1. The number of carbonyl (C=O) groups is 1. The molecule has 0 bridgehead atoms. The Labute approximate surface area is 167 Å². The number of aromatic nitrogens is 1. The number of hydrogen-bond acceptors (Lipinski definition) is 6. The number of rotatable bonds is 7. The molecule has 7 nitrogen and oxygen atoms in total. The molecule has 1 saturated carbocycles. The normalized spacial score (nSPS) is 15.7. The number of fused-ring (bicyclic) bond motifs is 1. The predicted molar refractivity (Wildman–Crippen MR) is 104 cm³/mol. The van der Waals surface area contributed by atoms with Crippen LogP contribution < -0.4 is 19.5 Å². The fourth-order valence-electron chi connectivity index (χ4n) is 3.43. The van der Waals surface area contributed by atoms with Crippen LogP contribution in [-0.4, -0.2) is 31.0 Å². The molecule has 2 aliphatic rings. The Morgan fingerprint density at radius 1 is 1.07 bits per heavy atom. The lowest BCUT2D eigenvalue weighted by atomic mass is 10.0. The Hall–Kier alpha value is -3.48. The minimum absolute atomic E-state index is 0.0419. The van der Waals surface area contributed by atoms with Gasteiger partial charge in [0.1, 0.15) is 12.4 Å². The zero-order chi connectivity index (χ0) is 19.7. The summed E-state index contributed by atoms with van der Waals surface area (Å²) in [4.78, 5) is 12.8. The van der Waals surface area contributed by atoms with Crippen LogP contribution in [0.5, 0.6) is 17.2 Å². The molecule has 5 rings (SSSR count). The van der Waals surface area contributed by atoms with Crippen molar-refractivity contribution in [3.63, 3.8) is 0 Å². The predicted octanol–water partition coefficient (Wildman–Crippen LogP) is 3.30. The zero-order valence-electron chi connectivity index (χ0n) is 15.7. The molecule has 0 unspecified atom stereocenters. The highest BCUT2D eigenvalue weighted by molar-refractivity contribution is 5.91. The average molecular weight is 392 g/mol. The van der Waals surface area contributed by atoms with E-state index in [1.807, 2.05) is 54.6 Å². The van der Waals surface area contributed by atoms with Crippen LogP contribution in [0.2, 0.25) is 0 Å². The Kier molecular flexibility index (Phi) is 4.35. The van der Waals surface area contributed by atoms with Gasteiger partial charge in [-0.2, -0.15) is 0 Å². The topological polar surface area (TPSA) is 82.8 Å². The molecule has 2 aromatic carbocycles. The van der Waals surface area contributed by atoms with Gasteiger partial charge in [-0.1, -0.05) is 23.4 Å². The highest BCUT2D eigenvalue weighted by atomic mass is 16.7. The van der Waals surface area contributed by atoms with Gasteiger partial charge in [0.05, 0.1) is 17.7 Å². The molecule has 0 radical (unpaired) electrons. The molecule has 1 aliphatic carbocycles. The monoisotopic (exact) mass is 392 g/mol. The molecule has 0 atom stereocenters. The van der Waals surface area contributed by atoms with Gasteiger partial charge in [-0.25, -0.2) is 0 Å². The van der Waals surface area contributed by atoms with E-state index in [1.54, 1.807) is 0 Å². The van der Waals surface area contributed by atoms with Gasteiger partial charge in [0.15, 0.2) is 17.3 Å². The first-order valence-electron chi connectivity index (χ1n) is 9.58. The van der Waals surface area contributed by atoms with Gasteiger partial charge in [0, 0.05) is 11.6 Å². The molecule has 1 amide bonds. The van der Waals surface area contributed by atoms with Gasteiger partial charge in [-0.3, -0.25) is 4.79 Å². The summed E-state index contributed by atoms with van der Waals surface area (Å²) in [5.41, 5.74) is 0.886. The van der Waals surface area contributed by atoms with Gasteiger partial charge in [-0.05, 0) is 43.2 Å². The van der Waals surface area contributed by atoms with E-state index < -0.39 is 5.41 Å². The van der Waals surface area contributed by atoms with Crippen molar-refractivity contribution in [3.8, 4) is 28.6 Å². The molecule has 3 aromatic rings. The molecule has 29 heavy (non-hydrogen) atoms. The van der Waals surface area contributed by atoms with Crippen LogP contribution in [0.15, 0.2) is 59.1 Å². The highest BCUT2D eigenvalue weighted by Crippen LogP contribution is 2.48. The summed E-state index contributed by atoms with van der Waals surface area (Å²) in [6.07, 6.45) is 1.51. The van der Waals surface area contributed by atoms with E-state index in [0.29, 0.717) is 36.1 Å². The molecule has 7 heteroatoms. The molecular formula is C22H20N2O5. The van der Waals surface area contributed by atoms with Crippen LogP contribution in [-0.2, 0) is 10.2 Å². The molecule has 148 valence electrons. The van der Waals surface area contributed by atoms with Crippen LogP contribution in [0.3, 0.4) is 0 Å². The molecule has 1 aliphatic heterocycles. The summed E-state index contributed by atoms with van der Waals surface area (Å²) in [7, 11) is 0. The lowest BCUT2D eigenvalue weighted by molar-refractivity contribution is -0.123. The molecule has 2 heterocycles. The number of para-hydroxylation sites is 1. The maximum Gasteiger partial charge on any atom is 0.232 e. The number of nitrogens with zero attached hydrogens (tertiary/aromatic N) is 1. The number of ether oxygens (including phenoxy) is 3. The molecule has 0 saturated heterocycles. The molecule has 0 spiro atoms. The fraction of sp³-hybridized carbons (Fsp3) is 0.273. The first kappa shape index (κ1) is 17.6. The average Bonchev–Trinajstić information content (AvgIpc) is 3.19. The van der Waals surface area contributed by atoms with E-state index in [9.17, 15) is 4.79 Å². The highest BCUT2D eigenvalue weighted by Gasteiger charge is 2.53. The fourth-order valence-corrected chi connectivity index (χ4v) is 3.43. The summed E-state index contributed by atoms with van der Waals surface area (Å²) in [5, 5.41) is 7.13. The Morgan fingerprint density at radius 2 is 1.90 bits per heavy atom. The zero-order valence-corrected chi connectivity index (χ0v) is 15.7. The molecule has 1 aromatic heterocycles. The van der Waals surface area contributed by atoms with E-state index in [-0.39, 0.29) is 12.7 Å². The number of amides is 1. The minimum atomic E-state index is -0.606. The largest absolute Gasteiger partial charge is 0.492 e. The standard InChI is InChI=1S/C22H20N2O5/c25-21(23-10-11-26-16-4-2-1-3-5-16)22(8-9-22)20-13-18(29-24-20)15-6-7-17-19(12-15)28-14-27-17/h1-7,12-13H,8-11,14H2,(H,23,25). The van der Waals surface area contributed by atoms with Crippen molar-refractivity contribution in [2.75, 3.05) is 19.9 Å². The van der Waals surface area contributed by atoms with E-state index in [2.05, 4.69) is 10.5 Å². The Balaban J connectivity index is 1.22. The summed E-state index contributed by atoms with van der Waals surface area (Å²) in [6, 6.07) is 16.9. The van der Waals surface area contributed by atoms with Gasteiger partial charge < -0.3 is 24.1 Å². The number of nitrogens with one attached hydrogen (secondary N) is 1. The first-order chi connectivity index (χ1) is 14.2. The van der Waals surface area contributed by atoms with Crippen molar-refractivity contribution in [1.29, 1.82) is 0 Å². The van der Waals surface area contributed by atoms with Crippen LogP contribution in [0.4, 0.5) is 0 Å². The van der Waals surface area contributed by atoms with Crippen molar-refractivity contribution in [1.82, 2.24) is 10.5 Å². The van der Waals surface area contributed by atoms with Crippen molar-refractivity contribution < 1.29 is 23.5 Å². The summed E-state index contributed by atoms with van der Waals surface area (Å²) in [6.45, 7) is 1.06. The maximum absolute atomic E-state index is 12.8. The van der Waals surface area contributed by atoms with E-state index in [1.165, 1.54) is 0 Å². The second kappa shape index (κ2) is 7.16. The molecular weight excluding hydrogens is 372 g/mol. The number of carbonyl (C=O) groups excluding carboxylic acids is 1. The third-order valence-electron chi connectivity index (χ3n) is 5.24. The Morgan fingerprint density at radius 3 is 2.72 bits per heavy atom. The summed E-state index contributed by atoms with van der Waals surface area (Å²) < 4.78 is 21.9. The van der Waals surface area contributed by atoms with Gasteiger partial charge >= 0.3 is 0 Å². The third-order valence-corrected chi connectivity index (χ3v) is 5.24.